The number of nitrogens with one attached hydrogen (secondary N) is 1. The number of methoxy groups -OCH3 is 1. The molecule has 1 amide bonds. The van der Waals surface area contributed by atoms with Crippen LogP contribution in [0.25, 0.3) is 10.9 Å². The summed E-state index contributed by atoms with van der Waals surface area (Å²) in [6.07, 6.45) is 0. The standard InChI is InChI=1S/C18H19N3O4S/c1-5-25-17(23)15-10(2)19-18(26-15)20-16(22)13-9-11-12(21(13)3)7-6-8-14(11)24-4/h6-9H,5H2,1-4H3,(H,19,20,22). The Hall–Kier alpha value is -2.87. The summed E-state index contributed by atoms with van der Waals surface area (Å²) in [4.78, 5) is 29.2. The maximum atomic E-state index is 12.7. The number of hydrogen-bond donors (Lipinski definition) is 1. The molecule has 0 saturated heterocycles. The number of rotatable bonds is 5. The van der Waals surface area contributed by atoms with Gasteiger partial charge in [-0.15, -0.1) is 0 Å². The van der Waals surface area contributed by atoms with Gasteiger partial charge in [-0.05, 0) is 32.0 Å². The molecule has 3 rings (SSSR count). The first-order valence-electron chi connectivity index (χ1n) is 8.04. The van der Waals surface area contributed by atoms with Gasteiger partial charge >= 0.3 is 5.97 Å². The van der Waals surface area contributed by atoms with E-state index >= 15 is 0 Å². The number of aromatic nitrogens is 2. The normalized spacial score (nSPS) is 10.8. The molecule has 0 spiro atoms. The van der Waals surface area contributed by atoms with Crippen LogP contribution in [0.2, 0.25) is 0 Å². The summed E-state index contributed by atoms with van der Waals surface area (Å²) in [5.74, 6) is -0.0425. The smallest absolute Gasteiger partial charge is 0.350 e. The molecule has 136 valence electrons. The van der Waals surface area contributed by atoms with Crippen LogP contribution in [0.4, 0.5) is 5.13 Å². The van der Waals surface area contributed by atoms with E-state index in [1.807, 2.05) is 25.2 Å². The second kappa shape index (κ2) is 7.17. The molecule has 0 aliphatic carbocycles. The predicted molar refractivity (Wildman–Crippen MR) is 100 cm³/mol. The largest absolute Gasteiger partial charge is 0.496 e. The monoisotopic (exact) mass is 373 g/mol. The second-order valence-corrected chi connectivity index (χ2v) is 6.59. The van der Waals surface area contributed by atoms with Gasteiger partial charge in [0.15, 0.2) is 5.13 Å². The molecular formula is C18H19N3O4S. The number of esters is 1. The van der Waals surface area contributed by atoms with Crippen molar-refractivity contribution in [3.8, 4) is 5.75 Å². The van der Waals surface area contributed by atoms with Crippen LogP contribution >= 0.6 is 11.3 Å². The molecule has 0 unspecified atom stereocenters. The lowest BCUT2D eigenvalue weighted by Gasteiger charge is -2.04. The first kappa shape index (κ1) is 17.9. The zero-order valence-electron chi connectivity index (χ0n) is 15.0. The van der Waals surface area contributed by atoms with Gasteiger partial charge in [-0.3, -0.25) is 10.1 Å². The highest BCUT2D eigenvalue weighted by atomic mass is 32.1. The number of nitrogens with zero attached hydrogens (tertiary/aromatic N) is 2. The van der Waals surface area contributed by atoms with Gasteiger partial charge in [0.1, 0.15) is 16.3 Å². The molecule has 26 heavy (non-hydrogen) atoms. The average Bonchev–Trinajstić information content (AvgIpc) is 3.15. The van der Waals surface area contributed by atoms with Crippen molar-refractivity contribution in [3.05, 3.63) is 40.5 Å². The number of anilines is 1. The Morgan fingerprint density at radius 1 is 1.35 bits per heavy atom. The molecule has 0 fully saturated rings. The average molecular weight is 373 g/mol. The van der Waals surface area contributed by atoms with Gasteiger partial charge in [0.25, 0.3) is 5.91 Å². The molecule has 3 aromatic rings. The van der Waals surface area contributed by atoms with E-state index in [2.05, 4.69) is 10.3 Å². The minimum Gasteiger partial charge on any atom is -0.496 e. The zero-order chi connectivity index (χ0) is 18.8. The van der Waals surface area contributed by atoms with E-state index in [1.54, 1.807) is 31.6 Å². The fourth-order valence-electron chi connectivity index (χ4n) is 2.73. The van der Waals surface area contributed by atoms with Gasteiger partial charge in [-0.1, -0.05) is 17.4 Å². The maximum absolute atomic E-state index is 12.7. The van der Waals surface area contributed by atoms with Crippen LogP contribution in [-0.2, 0) is 11.8 Å². The predicted octanol–water partition coefficient (Wildman–Crippen LogP) is 3.38. The summed E-state index contributed by atoms with van der Waals surface area (Å²) in [5.41, 5.74) is 1.88. The zero-order valence-corrected chi connectivity index (χ0v) is 15.8. The number of benzene rings is 1. The van der Waals surface area contributed by atoms with Crippen LogP contribution < -0.4 is 10.1 Å². The first-order chi connectivity index (χ1) is 12.5. The Morgan fingerprint density at radius 3 is 2.81 bits per heavy atom. The van der Waals surface area contributed by atoms with Crippen molar-refractivity contribution in [1.29, 1.82) is 0 Å². The second-order valence-electron chi connectivity index (χ2n) is 5.59. The molecule has 1 aromatic carbocycles. The quantitative estimate of drug-likeness (QED) is 0.693. The minimum atomic E-state index is -0.433. The molecule has 1 N–H and O–H groups in total. The summed E-state index contributed by atoms with van der Waals surface area (Å²) < 4.78 is 12.1. The lowest BCUT2D eigenvalue weighted by molar-refractivity contribution is 0.0531. The van der Waals surface area contributed by atoms with E-state index in [0.29, 0.717) is 27.1 Å². The third-order valence-electron chi connectivity index (χ3n) is 3.98. The van der Waals surface area contributed by atoms with E-state index in [0.717, 1.165) is 22.2 Å². The van der Waals surface area contributed by atoms with Crippen molar-refractivity contribution in [2.75, 3.05) is 19.0 Å². The van der Waals surface area contributed by atoms with E-state index in [4.69, 9.17) is 9.47 Å². The number of amides is 1. The van der Waals surface area contributed by atoms with Crippen LogP contribution in [0.1, 0.15) is 32.8 Å². The van der Waals surface area contributed by atoms with Gasteiger partial charge in [-0.2, -0.15) is 0 Å². The highest BCUT2D eigenvalue weighted by Crippen LogP contribution is 2.29. The topological polar surface area (TPSA) is 82.5 Å². The van der Waals surface area contributed by atoms with Crippen molar-refractivity contribution in [3.63, 3.8) is 0 Å². The van der Waals surface area contributed by atoms with Crippen LogP contribution in [0, 0.1) is 6.92 Å². The molecular weight excluding hydrogens is 354 g/mol. The van der Waals surface area contributed by atoms with E-state index in [9.17, 15) is 9.59 Å². The van der Waals surface area contributed by atoms with Gasteiger partial charge in [0.05, 0.1) is 24.9 Å². The van der Waals surface area contributed by atoms with Crippen LogP contribution in [0.5, 0.6) is 5.75 Å². The molecule has 8 heteroatoms. The van der Waals surface area contributed by atoms with Crippen molar-refractivity contribution < 1.29 is 19.1 Å². The fraction of sp³-hybridized carbons (Fsp3) is 0.278. The number of carbonyl (C=O) groups is 2. The summed E-state index contributed by atoms with van der Waals surface area (Å²) in [5, 5.41) is 3.96. The first-order valence-corrected chi connectivity index (χ1v) is 8.86. The lowest BCUT2D eigenvalue weighted by Crippen LogP contribution is -2.15. The summed E-state index contributed by atoms with van der Waals surface area (Å²) in [6.45, 7) is 3.74. The highest BCUT2D eigenvalue weighted by Gasteiger charge is 2.20. The van der Waals surface area contributed by atoms with Crippen molar-refractivity contribution >= 4 is 39.2 Å². The molecule has 0 saturated carbocycles. The number of aryl methyl sites for hydroxylation is 2. The maximum Gasteiger partial charge on any atom is 0.350 e. The molecule has 0 radical (unpaired) electrons. The van der Waals surface area contributed by atoms with Crippen molar-refractivity contribution in [1.82, 2.24) is 9.55 Å². The molecule has 2 heterocycles. The van der Waals surface area contributed by atoms with Gasteiger partial charge in [0.2, 0.25) is 0 Å². The summed E-state index contributed by atoms with van der Waals surface area (Å²) in [6, 6.07) is 7.41. The van der Waals surface area contributed by atoms with E-state index < -0.39 is 5.97 Å². The number of hydrogen-bond acceptors (Lipinski definition) is 6. The molecule has 2 aromatic heterocycles. The van der Waals surface area contributed by atoms with Gasteiger partial charge in [0, 0.05) is 12.4 Å². The Labute approximate surface area is 154 Å². The lowest BCUT2D eigenvalue weighted by atomic mass is 10.2. The van der Waals surface area contributed by atoms with E-state index in [-0.39, 0.29) is 12.5 Å². The number of thiazole rings is 1. The number of fused-ring (bicyclic) bond motifs is 1. The summed E-state index contributed by atoms with van der Waals surface area (Å²) in [7, 11) is 3.41. The SMILES string of the molecule is CCOC(=O)c1sc(NC(=O)c2cc3c(OC)cccc3n2C)nc1C. The van der Waals surface area contributed by atoms with Crippen molar-refractivity contribution in [2.45, 2.75) is 13.8 Å². The van der Waals surface area contributed by atoms with Gasteiger partial charge < -0.3 is 14.0 Å². The van der Waals surface area contributed by atoms with Crippen LogP contribution in [0.3, 0.4) is 0 Å². The summed E-state index contributed by atoms with van der Waals surface area (Å²) >= 11 is 1.10. The van der Waals surface area contributed by atoms with Crippen LogP contribution in [0.15, 0.2) is 24.3 Å². The van der Waals surface area contributed by atoms with Gasteiger partial charge in [-0.25, -0.2) is 9.78 Å². The Bertz CT molecular complexity index is 990. The third kappa shape index (κ3) is 3.15. The molecule has 0 aliphatic heterocycles. The number of carbonyl (C=O) groups excluding carboxylic acids is 2. The minimum absolute atomic E-state index is 0.287. The third-order valence-corrected chi connectivity index (χ3v) is 5.03. The van der Waals surface area contributed by atoms with Crippen LogP contribution in [-0.4, -0.2) is 35.1 Å². The molecule has 0 atom stereocenters. The van der Waals surface area contributed by atoms with Crippen molar-refractivity contribution in [2.24, 2.45) is 7.05 Å². The Morgan fingerprint density at radius 2 is 2.12 bits per heavy atom. The Balaban J connectivity index is 1.89. The highest BCUT2D eigenvalue weighted by molar-refractivity contribution is 7.17. The molecule has 7 nitrogen and oxygen atoms in total. The molecule has 0 bridgehead atoms. The fourth-order valence-corrected chi connectivity index (χ4v) is 3.58. The number of ether oxygens (including phenoxy) is 2. The van der Waals surface area contributed by atoms with E-state index in [1.165, 1.54) is 0 Å². The molecule has 0 aliphatic rings. The Kier molecular flexibility index (Phi) is 4.94.